The average molecular weight is 815 g/mol. The summed E-state index contributed by atoms with van der Waals surface area (Å²) >= 11 is -3.58. The van der Waals surface area contributed by atoms with E-state index >= 15 is 0 Å². The number of phosphoric ester groups is 2. The molecule has 306 valence electrons. The van der Waals surface area contributed by atoms with Gasteiger partial charge in [0, 0.05) is 0 Å². The molecule has 0 aliphatic heterocycles. The van der Waals surface area contributed by atoms with Gasteiger partial charge in [-0.25, -0.2) is 23.0 Å². The van der Waals surface area contributed by atoms with Crippen molar-refractivity contribution in [2.75, 3.05) is 26.4 Å². The third-order valence-electron chi connectivity index (χ3n) is 7.73. The summed E-state index contributed by atoms with van der Waals surface area (Å²) in [5.74, 6) is -5.76. The van der Waals surface area contributed by atoms with E-state index in [1.54, 1.807) is 0 Å². The fourth-order valence-corrected chi connectivity index (χ4v) is 7.48. The van der Waals surface area contributed by atoms with Crippen LogP contribution in [0.1, 0.15) is 182 Å². The van der Waals surface area contributed by atoms with Crippen LogP contribution in [0.25, 0.3) is 0 Å². The Hall–Kier alpha value is 0.0843. The first kappa shape index (κ1) is 53.2. The maximum absolute atomic E-state index is 13.7. The number of rotatable bonds is 37. The second-order valence-corrected chi connectivity index (χ2v) is 16.7. The first-order chi connectivity index (χ1) is 24.3. The molecule has 0 bridgehead atoms. The summed E-state index contributed by atoms with van der Waals surface area (Å²) in [6, 6.07) is 0. The maximum atomic E-state index is 13.7. The Balaban J connectivity index is 0. The molecule has 0 spiro atoms. The van der Waals surface area contributed by atoms with Crippen LogP contribution in [0.5, 0.6) is 0 Å². The monoisotopic (exact) mass is 814 g/mol. The molecular formula is C34H72O14P2Ti. The van der Waals surface area contributed by atoms with Gasteiger partial charge in [-0.3, -0.25) is 18.1 Å². The number of carbonyl (C=O) groups is 1. The molecule has 0 saturated carbocycles. The van der Waals surface area contributed by atoms with Gasteiger partial charge in [-0.15, -0.1) is 0 Å². The van der Waals surface area contributed by atoms with E-state index in [1.807, 2.05) is 0 Å². The third kappa shape index (κ3) is 34.3. The van der Waals surface area contributed by atoms with Crippen molar-refractivity contribution in [2.45, 2.75) is 188 Å². The zero-order valence-corrected chi connectivity index (χ0v) is 35.4. The molecule has 0 rings (SSSR count). The van der Waals surface area contributed by atoms with Crippen LogP contribution in [-0.2, 0) is 63.0 Å². The normalized spacial score (nSPS) is 12.1. The topological polar surface area (TPSA) is 205 Å². The number of unbranched alkanes of at least 4 members (excludes halogenated alkanes) is 20. The Labute approximate surface area is 315 Å². The van der Waals surface area contributed by atoms with Crippen LogP contribution in [0.15, 0.2) is 0 Å². The second kappa shape index (κ2) is 35.8. The zero-order chi connectivity index (χ0) is 38.7. The van der Waals surface area contributed by atoms with Crippen molar-refractivity contribution in [2.24, 2.45) is 0 Å². The van der Waals surface area contributed by atoms with Crippen molar-refractivity contribution in [1.29, 1.82) is 0 Å². The molecule has 51 heavy (non-hydrogen) atoms. The number of phosphoric acid groups is 2. The summed E-state index contributed by atoms with van der Waals surface area (Å²) in [5.41, 5.74) is 0. The Morgan fingerprint density at radius 3 is 0.882 bits per heavy atom. The molecule has 17 heteroatoms. The van der Waals surface area contributed by atoms with E-state index in [9.17, 15) is 24.1 Å². The van der Waals surface area contributed by atoms with E-state index in [0.717, 1.165) is 128 Å². The van der Waals surface area contributed by atoms with Crippen LogP contribution in [0, 0.1) is 0 Å². The number of aliphatic carboxylic acids is 1. The van der Waals surface area contributed by atoms with E-state index in [1.165, 1.54) is 0 Å². The zero-order valence-electron chi connectivity index (χ0n) is 32.1. The van der Waals surface area contributed by atoms with Gasteiger partial charge in [-0.05, 0) is 25.7 Å². The van der Waals surface area contributed by atoms with Gasteiger partial charge in [0.2, 0.25) is 0 Å². The molecule has 0 aromatic heterocycles. The van der Waals surface area contributed by atoms with Crippen molar-refractivity contribution in [3.63, 3.8) is 0 Å². The molecule has 0 aromatic rings. The van der Waals surface area contributed by atoms with Crippen molar-refractivity contribution in [3.8, 4) is 0 Å². The molecular weight excluding hydrogens is 742 g/mol. The van der Waals surface area contributed by atoms with Gasteiger partial charge in [-0.2, -0.15) is 0 Å². The molecule has 0 radical (unpaired) electrons. The molecule has 0 aromatic carbocycles. The summed E-state index contributed by atoms with van der Waals surface area (Å²) in [6.07, 6.45) is 22.4. The third-order valence-corrected chi connectivity index (χ3v) is 10.7. The summed E-state index contributed by atoms with van der Waals surface area (Å²) in [6.45, 7) is 8.33. The minimum atomic E-state index is -4.69. The van der Waals surface area contributed by atoms with E-state index in [-0.39, 0.29) is 26.4 Å². The fraction of sp³-hybridized carbons (Fsp3) is 0.971. The Morgan fingerprint density at radius 1 is 0.490 bits per heavy atom. The van der Waals surface area contributed by atoms with E-state index in [4.69, 9.17) is 37.8 Å². The van der Waals surface area contributed by atoms with Crippen LogP contribution in [-0.4, -0.2) is 56.0 Å². The number of hydrogen-bond donors (Lipinski definition) is 4. The van der Waals surface area contributed by atoms with E-state index in [2.05, 4.69) is 27.7 Å². The fourth-order valence-electron chi connectivity index (χ4n) is 4.81. The summed E-state index contributed by atoms with van der Waals surface area (Å²) in [5, 5.41) is 21.0. The molecule has 0 aliphatic carbocycles. The van der Waals surface area contributed by atoms with Crippen molar-refractivity contribution in [3.05, 3.63) is 0 Å². The van der Waals surface area contributed by atoms with Gasteiger partial charge in [0.25, 0.3) is 0 Å². The standard InChI is InChI=1S/C34H70O11P2.2H2O.O.Ti/c1-5-9-13-17-21-25-29-40-46(38,41-30-26-22-18-14-10-6-2)44-34(37,33(35)36)45-47(39,42-31-27-23-19-15-11-7-3)43-32-28-24-20-16-12-8-4;;;;/h37H,5-32H2,1-4H3,(H,35,36);2*1H2;;/q;;;;+2/p-2. The van der Waals surface area contributed by atoms with Gasteiger partial charge in [0.15, 0.2) is 0 Å². The Bertz CT molecular complexity index is 823. The van der Waals surface area contributed by atoms with Crippen molar-refractivity contribution < 1.29 is 80.6 Å². The molecule has 0 heterocycles. The second-order valence-electron chi connectivity index (χ2n) is 12.7. The van der Waals surface area contributed by atoms with Crippen molar-refractivity contribution in [1.82, 2.24) is 0 Å². The first-order valence-corrected chi connectivity index (χ1v) is 24.4. The molecule has 4 N–H and O–H groups in total. The van der Waals surface area contributed by atoms with Gasteiger partial charge in [0.05, 0.1) is 26.4 Å². The van der Waals surface area contributed by atoms with Crippen LogP contribution in [0.2, 0.25) is 0 Å². The molecule has 0 saturated heterocycles. The minimum absolute atomic E-state index is 0.0453. The molecule has 0 unspecified atom stereocenters. The summed E-state index contributed by atoms with van der Waals surface area (Å²) in [7, 11) is -9.37. The predicted molar refractivity (Wildman–Crippen MR) is 192 cm³/mol. The summed E-state index contributed by atoms with van der Waals surface area (Å²) < 4.78 is 82.8. The first-order valence-electron chi connectivity index (χ1n) is 19.4. The molecule has 14 nitrogen and oxygen atoms in total. The van der Waals surface area contributed by atoms with Gasteiger partial charge >= 0.3 is 56.9 Å². The average Bonchev–Trinajstić information content (AvgIpc) is 3.06. The Kier molecular flexibility index (Phi) is 37.3. The quantitative estimate of drug-likeness (QED) is 0.0199. The molecule has 0 fully saturated rings. The van der Waals surface area contributed by atoms with Crippen LogP contribution >= 0.6 is 15.6 Å². The van der Waals surface area contributed by atoms with Gasteiger partial charge < -0.3 is 10.2 Å². The molecule has 0 amide bonds. The summed E-state index contributed by atoms with van der Waals surface area (Å²) in [4.78, 5) is 12.3. The number of carboxylic acids is 1. The van der Waals surface area contributed by atoms with Gasteiger partial charge in [-0.1, -0.05) is 156 Å². The SMILES string of the molecule is CCCCCCCCOP(=O)(OCCCCCCCC)OC(O)(OP(=O)(OCCCCCCCC)OCCCCCCCC)C(=O)O.[O]=[Ti]([OH])[OH]. The molecule has 0 atom stereocenters. The number of hydrogen-bond acceptors (Lipinski definition) is 11. The van der Waals surface area contributed by atoms with Crippen LogP contribution in [0.4, 0.5) is 0 Å². The molecule has 0 aliphatic rings. The van der Waals surface area contributed by atoms with Crippen molar-refractivity contribution >= 4 is 21.6 Å². The number of carboxylic acid groups (broad SMARTS) is 1. The predicted octanol–water partition coefficient (Wildman–Crippen LogP) is 10.2. The van der Waals surface area contributed by atoms with Gasteiger partial charge in [0.1, 0.15) is 0 Å². The van der Waals surface area contributed by atoms with E-state index in [0.29, 0.717) is 25.7 Å². The Morgan fingerprint density at radius 2 is 0.686 bits per heavy atom. The van der Waals surface area contributed by atoms with Crippen LogP contribution < -0.4 is 0 Å². The number of aliphatic hydroxyl groups is 1. The van der Waals surface area contributed by atoms with Crippen LogP contribution in [0.3, 0.4) is 0 Å². The van der Waals surface area contributed by atoms with E-state index < -0.39 is 46.2 Å².